The highest BCUT2D eigenvalue weighted by molar-refractivity contribution is 6.25. The van der Waals surface area contributed by atoms with Crippen LogP contribution in [-0.4, -0.2) is 23.8 Å². The number of amides is 1. The molecule has 4 heteroatoms. The third-order valence-corrected chi connectivity index (χ3v) is 2.68. The lowest BCUT2D eigenvalue weighted by Crippen LogP contribution is -2.21. The summed E-state index contributed by atoms with van der Waals surface area (Å²) in [6.45, 7) is 5.07. The zero-order chi connectivity index (χ0) is 13.7. The van der Waals surface area contributed by atoms with E-state index >= 15 is 0 Å². The predicted molar refractivity (Wildman–Crippen MR) is 74.2 cm³/mol. The molecule has 0 saturated heterocycles. The average Bonchev–Trinajstić information content (AvgIpc) is 2.31. The summed E-state index contributed by atoms with van der Waals surface area (Å²) in [5.74, 6) is -0.392. The Morgan fingerprint density at radius 1 is 1.28 bits per heavy atom. The van der Waals surface area contributed by atoms with Gasteiger partial charge in [0, 0.05) is 18.4 Å². The standard InChI is InChI=1S/C14H18N2O2/c1-9-7-5-6-8-12(9)16-14(18)13(11(3)17)10(2)15-4/h5-8,17H,1-4H3,(H,16,18)/b13-11-,15-10?. The fourth-order valence-electron chi connectivity index (χ4n) is 1.60. The van der Waals surface area contributed by atoms with Crippen LogP contribution < -0.4 is 5.32 Å². The van der Waals surface area contributed by atoms with Gasteiger partial charge in [-0.2, -0.15) is 0 Å². The highest BCUT2D eigenvalue weighted by Gasteiger charge is 2.16. The molecule has 4 nitrogen and oxygen atoms in total. The first-order valence-electron chi connectivity index (χ1n) is 5.68. The fraction of sp³-hybridized carbons (Fsp3) is 0.286. The van der Waals surface area contributed by atoms with Crippen LogP contribution >= 0.6 is 0 Å². The van der Waals surface area contributed by atoms with E-state index in [-0.39, 0.29) is 17.2 Å². The van der Waals surface area contributed by atoms with Gasteiger partial charge in [-0.25, -0.2) is 0 Å². The minimum Gasteiger partial charge on any atom is -0.512 e. The number of carbonyl (C=O) groups excluding carboxylic acids is 1. The lowest BCUT2D eigenvalue weighted by atomic mass is 10.1. The quantitative estimate of drug-likeness (QED) is 0.489. The van der Waals surface area contributed by atoms with Crippen molar-refractivity contribution in [2.45, 2.75) is 20.8 Å². The molecule has 0 atom stereocenters. The first-order valence-corrected chi connectivity index (χ1v) is 5.68. The maximum absolute atomic E-state index is 12.1. The van der Waals surface area contributed by atoms with E-state index in [1.54, 1.807) is 14.0 Å². The van der Waals surface area contributed by atoms with Crippen molar-refractivity contribution >= 4 is 17.3 Å². The van der Waals surface area contributed by atoms with E-state index in [1.165, 1.54) is 6.92 Å². The molecule has 18 heavy (non-hydrogen) atoms. The van der Waals surface area contributed by atoms with Crippen molar-refractivity contribution in [2.75, 3.05) is 12.4 Å². The Bertz CT molecular complexity index is 512. The lowest BCUT2D eigenvalue weighted by molar-refractivity contribution is -0.112. The largest absolute Gasteiger partial charge is 0.512 e. The number of nitrogens with one attached hydrogen (secondary N) is 1. The van der Waals surface area contributed by atoms with Crippen LogP contribution in [-0.2, 0) is 4.79 Å². The first-order chi connectivity index (χ1) is 8.47. The summed E-state index contributed by atoms with van der Waals surface area (Å²) in [5, 5.41) is 12.3. The second-order valence-electron chi connectivity index (χ2n) is 4.04. The summed E-state index contributed by atoms with van der Waals surface area (Å²) < 4.78 is 0. The first kappa shape index (κ1) is 14.0. The van der Waals surface area contributed by atoms with Gasteiger partial charge in [-0.05, 0) is 32.4 Å². The Balaban J connectivity index is 3.02. The zero-order valence-electron chi connectivity index (χ0n) is 11.1. The number of benzene rings is 1. The van der Waals surface area contributed by atoms with Crippen molar-refractivity contribution in [1.82, 2.24) is 0 Å². The van der Waals surface area contributed by atoms with Crippen molar-refractivity contribution in [3.05, 3.63) is 41.2 Å². The minimum atomic E-state index is -0.354. The molecule has 0 heterocycles. The fourth-order valence-corrected chi connectivity index (χ4v) is 1.60. The molecule has 2 N–H and O–H groups in total. The Morgan fingerprint density at radius 3 is 2.39 bits per heavy atom. The molecule has 1 aromatic rings. The Labute approximate surface area is 107 Å². The summed E-state index contributed by atoms with van der Waals surface area (Å²) in [5.41, 5.74) is 2.40. The molecule has 0 aliphatic rings. The number of aliphatic hydroxyl groups excluding tert-OH is 1. The van der Waals surface area contributed by atoms with Crippen molar-refractivity contribution in [3.63, 3.8) is 0 Å². The molecular weight excluding hydrogens is 228 g/mol. The van der Waals surface area contributed by atoms with Crippen LogP contribution in [0.1, 0.15) is 19.4 Å². The summed E-state index contributed by atoms with van der Waals surface area (Å²) in [6.07, 6.45) is 0. The van der Waals surface area contributed by atoms with Gasteiger partial charge in [0.25, 0.3) is 5.91 Å². The number of carbonyl (C=O) groups is 1. The van der Waals surface area contributed by atoms with Crippen LogP contribution in [0.5, 0.6) is 0 Å². The Morgan fingerprint density at radius 2 is 1.89 bits per heavy atom. The number of hydrogen-bond acceptors (Lipinski definition) is 3. The highest BCUT2D eigenvalue weighted by atomic mass is 16.3. The van der Waals surface area contributed by atoms with Gasteiger partial charge in [-0.3, -0.25) is 9.79 Å². The second-order valence-corrected chi connectivity index (χ2v) is 4.04. The third kappa shape index (κ3) is 3.20. The predicted octanol–water partition coefficient (Wildman–Crippen LogP) is 2.86. The summed E-state index contributed by atoms with van der Waals surface area (Å²) in [6, 6.07) is 7.47. The summed E-state index contributed by atoms with van der Waals surface area (Å²) in [7, 11) is 1.58. The SMILES string of the molecule is CN=C(C)/C(C(=O)Nc1ccccc1C)=C(\C)O. The van der Waals surface area contributed by atoms with E-state index in [2.05, 4.69) is 10.3 Å². The molecule has 0 bridgehead atoms. The van der Waals surface area contributed by atoms with Gasteiger partial charge in [0.2, 0.25) is 0 Å². The number of allylic oxidation sites excluding steroid dienone is 1. The number of hydrogen-bond donors (Lipinski definition) is 2. The van der Waals surface area contributed by atoms with Crippen molar-refractivity contribution < 1.29 is 9.90 Å². The molecule has 0 radical (unpaired) electrons. The van der Waals surface area contributed by atoms with Crippen molar-refractivity contribution in [2.24, 2.45) is 4.99 Å². The zero-order valence-corrected chi connectivity index (χ0v) is 11.1. The molecule has 1 rings (SSSR count). The molecule has 0 aromatic heterocycles. The van der Waals surface area contributed by atoms with E-state index in [0.717, 1.165) is 11.3 Å². The highest BCUT2D eigenvalue weighted by Crippen LogP contribution is 2.15. The third-order valence-electron chi connectivity index (χ3n) is 2.68. The van der Waals surface area contributed by atoms with Gasteiger partial charge in [0.05, 0.1) is 5.57 Å². The molecule has 0 aliphatic heterocycles. The maximum Gasteiger partial charge on any atom is 0.260 e. The van der Waals surface area contributed by atoms with E-state index < -0.39 is 0 Å². The summed E-state index contributed by atoms with van der Waals surface area (Å²) in [4.78, 5) is 16.0. The van der Waals surface area contributed by atoms with Crippen molar-refractivity contribution in [1.29, 1.82) is 0 Å². The van der Waals surface area contributed by atoms with Gasteiger partial charge < -0.3 is 10.4 Å². The number of anilines is 1. The minimum absolute atomic E-state index is 0.0378. The molecule has 1 amide bonds. The van der Waals surface area contributed by atoms with Gasteiger partial charge >= 0.3 is 0 Å². The van der Waals surface area contributed by atoms with Crippen LogP contribution in [0.15, 0.2) is 40.6 Å². The van der Waals surface area contributed by atoms with Crippen molar-refractivity contribution in [3.8, 4) is 0 Å². The van der Waals surface area contributed by atoms with E-state index in [0.29, 0.717) is 5.71 Å². The number of nitrogens with zero attached hydrogens (tertiary/aromatic N) is 1. The van der Waals surface area contributed by atoms with E-state index in [1.807, 2.05) is 31.2 Å². The molecular formula is C14H18N2O2. The van der Waals surface area contributed by atoms with E-state index in [9.17, 15) is 9.90 Å². The smallest absolute Gasteiger partial charge is 0.260 e. The number of para-hydroxylation sites is 1. The topological polar surface area (TPSA) is 61.7 Å². The van der Waals surface area contributed by atoms with E-state index in [4.69, 9.17) is 0 Å². The summed E-state index contributed by atoms with van der Waals surface area (Å²) >= 11 is 0. The van der Waals surface area contributed by atoms with Gasteiger partial charge in [0.1, 0.15) is 5.76 Å². The number of aliphatic hydroxyl groups is 1. The van der Waals surface area contributed by atoms with Crippen LogP contribution in [0.3, 0.4) is 0 Å². The Hall–Kier alpha value is -2.10. The van der Waals surface area contributed by atoms with Crippen LogP contribution in [0.2, 0.25) is 0 Å². The lowest BCUT2D eigenvalue weighted by Gasteiger charge is -2.11. The van der Waals surface area contributed by atoms with Gasteiger partial charge in [-0.1, -0.05) is 18.2 Å². The number of aryl methyl sites for hydroxylation is 1. The van der Waals surface area contributed by atoms with Gasteiger partial charge in [-0.15, -0.1) is 0 Å². The molecule has 1 aromatic carbocycles. The molecule has 0 fully saturated rings. The van der Waals surface area contributed by atoms with Crippen LogP contribution in [0, 0.1) is 6.92 Å². The molecule has 0 aliphatic carbocycles. The second kappa shape index (κ2) is 6.00. The number of aliphatic imine (C=N–C) groups is 1. The molecule has 0 saturated carbocycles. The van der Waals surface area contributed by atoms with Crippen LogP contribution in [0.4, 0.5) is 5.69 Å². The molecule has 0 spiro atoms. The normalized spacial score (nSPS) is 13.0. The monoisotopic (exact) mass is 246 g/mol. The van der Waals surface area contributed by atoms with Gasteiger partial charge in [0.15, 0.2) is 0 Å². The molecule has 96 valence electrons. The molecule has 0 unspecified atom stereocenters. The van der Waals surface area contributed by atoms with Crippen LogP contribution in [0.25, 0.3) is 0 Å². The Kier molecular flexibility index (Phi) is 4.66. The maximum atomic E-state index is 12.1. The number of rotatable bonds is 3. The average molecular weight is 246 g/mol.